The summed E-state index contributed by atoms with van der Waals surface area (Å²) in [6.45, 7) is 0.606. The summed E-state index contributed by atoms with van der Waals surface area (Å²) < 4.78 is 5.73. The lowest BCUT2D eigenvalue weighted by atomic mass is 10.2. The van der Waals surface area contributed by atoms with E-state index < -0.39 is 0 Å². The first-order chi connectivity index (χ1) is 8.22. The van der Waals surface area contributed by atoms with Crippen molar-refractivity contribution in [2.24, 2.45) is 0 Å². The first kappa shape index (κ1) is 14.1. The molecule has 1 aromatic heterocycles. The number of nitrogens with zero attached hydrogens (tertiary/aromatic N) is 2. The molecule has 0 aromatic carbocycles. The van der Waals surface area contributed by atoms with Crippen molar-refractivity contribution >= 4 is 27.6 Å². The monoisotopic (exact) mass is 304 g/mol. The van der Waals surface area contributed by atoms with Crippen LogP contribution >= 0.6 is 15.9 Å². The molecule has 1 aromatic rings. The van der Waals surface area contributed by atoms with Gasteiger partial charge in [0.25, 0.3) is 0 Å². The van der Waals surface area contributed by atoms with Crippen LogP contribution in [0, 0.1) is 0 Å². The zero-order valence-electron chi connectivity index (χ0n) is 9.90. The zero-order valence-corrected chi connectivity index (χ0v) is 11.5. The smallest absolute Gasteiger partial charge is 0.146 e. The predicted octanol–water partition coefficient (Wildman–Crippen LogP) is 1.09. The molecule has 1 unspecified atom stereocenters. The lowest BCUT2D eigenvalue weighted by Gasteiger charge is -2.17. The summed E-state index contributed by atoms with van der Waals surface area (Å²) >= 11 is 3.40. The first-order valence-electron chi connectivity index (χ1n) is 5.27. The van der Waals surface area contributed by atoms with Gasteiger partial charge in [-0.15, -0.1) is 0 Å². The quantitative estimate of drug-likeness (QED) is 0.700. The maximum Gasteiger partial charge on any atom is 0.146 e. The molecule has 17 heavy (non-hydrogen) atoms. The molecule has 3 N–H and O–H groups in total. The second-order valence-corrected chi connectivity index (χ2v) is 4.23. The van der Waals surface area contributed by atoms with E-state index in [9.17, 15) is 5.11 Å². The maximum atomic E-state index is 9.24. The van der Waals surface area contributed by atoms with Gasteiger partial charge in [0.1, 0.15) is 22.4 Å². The summed E-state index contributed by atoms with van der Waals surface area (Å²) in [4.78, 5) is 8.18. The molecule has 1 heterocycles. The van der Waals surface area contributed by atoms with Crippen LogP contribution in [0.5, 0.6) is 0 Å². The Balaban J connectivity index is 2.72. The molecule has 96 valence electrons. The van der Waals surface area contributed by atoms with Gasteiger partial charge >= 0.3 is 0 Å². The third-order valence-electron chi connectivity index (χ3n) is 2.26. The van der Waals surface area contributed by atoms with Gasteiger partial charge in [-0.2, -0.15) is 0 Å². The van der Waals surface area contributed by atoms with E-state index in [1.54, 1.807) is 14.2 Å². The first-order valence-corrected chi connectivity index (χ1v) is 6.06. The van der Waals surface area contributed by atoms with Gasteiger partial charge in [0.15, 0.2) is 0 Å². The minimum atomic E-state index is -0.0918. The summed E-state index contributed by atoms with van der Waals surface area (Å²) in [7, 11) is 3.42. The van der Waals surface area contributed by atoms with Gasteiger partial charge in [0.05, 0.1) is 12.6 Å². The molecule has 6 nitrogen and oxygen atoms in total. The second-order valence-electron chi connectivity index (χ2n) is 3.44. The molecule has 0 aliphatic heterocycles. The van der Waals surface area contributed by atoms with Gasteiger partial charge in [-0.25, -0.2) is 9.97 Å². The summed E-state index contributed by atoms with van der Waals surface area (Å²) in [6.07, 6.45) is 2.17. The molecular weight excluding hydrogens is 288 g/mol. The van der Waals surface area contributed by atoms with Crippen molar-refractivity contribution in [1.29, 1.82) is 0 Å². The standard InChI is InChI=1S/C10H17BrN4O2/c1-12-9-8(11)10(14-6-13-9)15-7(5-16)3-4-17-2/h6-7,16H,3-5H2,1-2H3,(H2,12,13,14,15). The zero-order chi connectivity index (χ0) is 12.7. The van der Waals surface area contributed by atoms with Gasteiger partial charge in [-0.3, -0.25) is 0 Å². The maximum absolute atomic E-state index is 9.24. The van der Waals surface area contributed by atoms with E-state index in [4.69, 9.17) is 4.74 Å². The number of aliphatic hydroxyl groups is 1. The van der Waals surface area contributed by atoms with Crippen LogP contribution in [0.25, 0.3) is 0 Å². The van der Waals surface area contributed by atoms with Crippen LogP contribution in [0.2, 0.25) is 0 Å². The van der Waals surface area contributed by atoms with Crippen molar-refractivity contribution in [1.82, 2.24) is 9.97 Å². The minimum absolute atomic E-state index is 0.0225. The molecule has 0 spiro atoms. The van der Waals surface area contributed by atoms with E-state index in [2.05, 4.69) is 36.5 Å². The minimum Gasteiger partial charge on any atom is -0.394 e. The highest BCUT2D eigenvalue weighted by atomic mass is 79.9. The molecule has 0 saturated carbocycles. The summed E-state index contributed by atoms with van der Waals surface area (Å²) in [5.74, 6) is 1.35. The van der Waals surface area contributed by atoms with Crippen molar-refractivity contribution in [2.45, 2.75) is 12.5 Å². The SMILES string of the molecule is CNc1ncnc(NC(CO)CCOC)c1Br. The highest BCUT2D eigenvalue weighted by Crippen LogP contribution is 2.26. The number of aliphatic hydroxyl groups excluding tert-OH is 1. The Morgan fingerprint density at radius 2 is 2.18 bits per heavy atom. The fourth-order valence-electron chi connectivity index (χ4n) is 1.31. The Hall–Kier alpha value is -0.920. The summed E-state index contributed by atoms with van der Waals surface area (Å²) in [5.41, 5.74) is 0. The van der Waals surface area contributed by atoms with Gasteiger partial charge in [-0.1, -0.05) is 0 Å². The average molecular weight is 305 g/mol. The number of nitrogens with one attached hydrogen (secondary N) is 2. The van der Waals surface area contributed by atoms with Gasteiger partial charge < -0.3 is 20.5 Å². The van der Waals surface area contributed by atoms with Crippen LogP contribution in [0.1, 0.15) is 6.42 Å². The number of rotatable bonds is 7. The number of anilines is 2. The van der Waals surface area contributed by atoms with E-state index in [0.29, 0.717) is 24.7 Å². The highest BCUT2D eigenvalue weighted by Gasteiger charge is 2.12. The Kier molecular flexibility index (Phi) is 6.17. The molecule has 1 atom stereocenters. The Bertz CT molecular complexity index is 351. The Morgan fingerprint density at radius 1 is 1.47 bits per heavy atom. The van der Waals surface area contributed by atoms with Crippen molar-refractivity contribution < 1.29 is 9.84 Å². The van der Waals surface area contributed by atoms with Crippen LogP contribution in [0.3, 0.4) is 0 Å². The van der Waals surface area contributed by atoms with Crippen molar-refractivity contribution in [3.8, 4) is 0 Å². The van der Waals surface area contributed by atoms with Crippen molar-refractivity contribution in [2.75, 3.05) is 38.0 Å². The van der Waals surface area contributed by atoms with Crippen LogP contribution in [0.4, 0.5) is 11.6 Å². The van der Waals surface area contributed by atoms with E-state index in [1.165, 1.54) is 6.33 Å². The average Bonchev–Trinajstić information content (AvgIpc) is 2.36. The highest BCUT2D eigenvalue weighted by molar-refractivity contribution is 9.10. The molecule has 0 amide bonds. The van der Waals surface area contributed by atoms with Crippen LogP contribution < -0.4 is 10.6 Å². The van der Waals surface area contributed by atoms with E-state index >= 15 is 0 Å². The van der Waals surface area contributed by atoms with Crippen molar-refractivity contribution in [3.63, 3.8) is 0 Å². The van der Waals surface area contributed by atoms with Crippen molar-refractivity contribution in [3.05, 3.63) is 10.8 Å². The van der Waals surface area contributed by atoms with E-state index in [-0.39, 0.29) is 12.6 Å². The third-order valence-corrected chi connectivity index (χ3v) is 3.01. The fourth-order valence-corrected chi connectivity index (χ4v) is 1.82. The normalized spacial score (nSPS) is 12.2. The number of aromatic nitrogens is 2. The predicted molar refractivity (Wildman–Crippen MR) is 70.3 cm³/mol. The topological polar surface area (TPSA) is 79.3 Å². The number of hydrogen-bond donors (Lipinski definition) is 3. The lowest BCUT2D eigenvalue weighted by Crippen LogP contribution is -2.26. The molecular formula is C10H17BrN4O2. The largest absolute Gasteiger partial charge is 0.394 e. The summed E-state index contributed by atoms with van der Waals surface area (Å²) in [5, 5.41) is 15.3. The fraction of sp³-hybridized carbons (Fsp3) is 0.600. The van der Waals surface area contributed by atoms with Crippen LogP contribution in [0.15, 0.2) is 10.8 Å². The lowest BCUT2D eigenvalue weighted by molar-refractivity contribution is 0.174. The molecule has 0 saturated heterocycles. The molecule has 0 fully saturated rings. The molecule has 0 radical (unpaired) electrons. The number of methoxy groups -OCH3 is 1. The second kappa shape index (κ2) is 7.41. The van der Waals surface area contributed by atoms with E-state index in [0.717, 1.165) is 4.47 Å². The van der Waals surface area contributed by atoms with Crippen LogP contribution in [-0.4, -0.2) is 48.5 Å². The summed E-state index contributed by atoms with van der Waals surface area (Å²) in [6, 6.07) is -0.0918. The van der Waals surface area contributed by atoms with Gasteiger partial charge in [0, 0.05) is 20.8 Å². The van der Waals surface area contributed by atoms with Gasteiger partial charge in [-0.05, 0) is 22.4 Å². The molecule has 0 bridgehead atoms. The molecule has 0 aliphatic rings. The van der Waals surface area contributed by atoms with E-state index in [1.807, 2.05) is 0 Å². The Labute approximate surface area is 109 Å². The number of hydrogen-bond acceptors (Lipinski definition) is 6. The molecule has 7 heteroatoms. The van der Waals surface area contributed by atoms with Crippen LogP contribution in [-0.2, 0) is 4.74 Å². The van der Waals surface area contributed by atoms with Gasteiger partial charge in [0.2, 0.25) is 0 Å². The molecule has 1 rings (SSSR count). The number of halogens is 1. The third kappa shape index (κ3) is 4.10. The number of ether oxygens (including phenoxy) is 1. The Morgan fingerprint density at radius 3 is 2.76 bits per heavy atom. The molecule has 0 aliphatic carbocycles.